The molecule has 17 heavy (non-hydrogen) atoms. The molecule has 6 nitrogen and oxygen atoms in total. The second kappa shape index (κ2) is 5.57. The minimum atomic E-state index is 0.290. The second-order valence-corrected chi connectivity index (χ2v) is 4.71. The smallest absolute Gasteiger partial charge is 0.0967 e. The van der Waals surface area contributed by atoms with E-state index in [9.17, 15) is 0 Å². The molecular formula is C11H21N5O. The first kappa shape index (κ1) is 12.5. The van der Waals surface area contributed by atoms with E-state index in [4.69, 9.17) is 10.5 Å². The van der Waals surface area contributed by atoms with E-state index in [2.05, 4.69) is 29.1 Å². The molecule has 0 radical (unpaired) electrons. The third-order valence-corrected chi connectivity index (χ3v) is 2.83. The highest BCUT2D eigenvalue weighted by Crippen LogP contribution is 2.12. The van der Waals surface area contributed by atoms with Crippen molar-refractivity contribution in [2.24, 2.45) is 5.73 Å². The van der Waals surface area contributed by atoms with Gasteiger partial charge in [-0.2, -0.15) is 0 Å². The summed E-state index contributed by atoms with van der Waals surface area (Å²) in [7, 11) is 0. The predicted octanol–water partition coefficient (Wildman–Crippen LogP) is -0.154. The number of hydrogen-bond acceptors (Lipinski definition) is 5. The van der Waals surface area contributed by atoms with E-state index >= 15 is 0 Å². The third kappa shape index (κ3) is 3.49. The Balaban J connectivity index is 1.90. The van der Waals surface area contributed by atoms with Crippen LogP contribution in [0.5, 0.6) is 0 Å². The van der Waals surface area contributed by atoms with Gasteiger partial charge < -0.3 is 10.5 Å². The van der Waals surface area contributed by atoms with Crippen molar-refractivity contribution in [3.63, 3.8) is 0 Å². The van der Waals surface area contributed by atoms with Crippen LogP contribution < -0.4 is 5.73 Å². The zero-order chi connectivity index (χ0) is 12.3. The van der Waals surface area contributed by atoms with Gasteiger partial charge in [0.05, 0.1) is 24.4 Å². The summed E-state index contributed by atoms with van der Waals surface area (Å²) in [4.78, 5) is 2.36. The number of morpholine rings is 1. The quantitative estimate of drug-likeness (QED) is 0.791. The molecule has 2 rings (SSSR count). The minimum absolute atomic E-state index is 0.290. The first-order chi connectivity index (χ1) is 8.17. The number of rotatable bonds is 4. The molecule has 0 bridgehead atoms. The summed E-state index contributed by atoms with van der Waals surface area (Å²) >= 11 is 0. The largest absolute Gasteiger partial charge is 0.373 e. The standard InChI is InChI=1S/C11H21N5O/c1-9-5-15(6-10(2)17-9)7-11-8-16(4-3-12)14-13-11/h8-10H,3-7,12H2,1-2H3. The lowest BCUT2D eigenvalue weighted by molar-refractivity contribution is -0.0707. The van der Waals surface area contributed by atoms with Crippen LogP contribution >= 0.6 is 0 Å². The molecule has 2 atom stereocenters. The summed E-state index contributed by atoms with van der Waals surface area (Å²) in [6.45, 7) is 8.27. The molecule has 0 amide bonds. The van der Waals surface area contributed by atoms with Gasteiger partial charge in [-0.1, -0.05) is 5.21 Å². The molecule has 1 aliphatic heterocycles. The van der Waals surface area contributed by atoms with E-state index in [1.165, 1.54) is 0 Å². The molecule has 0 saturated carbocycles. The lowest BCUT2D eigenvalue weighted by atomic mass is 10.2. The van der Waals surface area contributed by atoms with Gasteiger partial charge in [0, 0.05) is 32.4 Å². The molecule has 1 saturated heterocycles. The first-order valence-electron chi connectivity index (χ1n) is 6.14. The van der Waals surface area contributed by atoms with Crippen molar-refractivity contribution in [2.45, 2.75) is 39.1 Å². The Bertz CT molecular complexity index is 343. The molecule has 2 unspecified atom stereocenters. The van der Waals surface area contributed by atoms with Gasteiger partial charge in [0.2, 0.25) is 0 Å². The first-order valence-corrected chi connectivity index (χ1v) is 6.14. The average molecular weight is 239 g/mol. The van der Waals surface area contributed by atoms with Crippen LogP contribution in [0.25, 0.3) is 0 Å². The van der Waals surface area contributed by atoms with E-state index in [1.54, 1.807) is 4.68 Å². The van der Waals surface area contributed by atoms with Crippen LogP contribution in [-0.2, 0) is 17.8 Å². The molecule has 1 aromatic heterocycles. The summed E-state index contributed by atoms with van der Waals surface area (Å²) < 4.78 is 7.49. The van der Waals surface area contributed by atoms with Gasteiger partial charge in [-0.3, -0.25) is 9.58 Å². The molecule has 2 N–H and O–H groups in total. The van der Waals surface area contributed by atoms with Crippen LogP contribution in [0.4, 0.5) is 0 Å². The Kier molecular flexibility index (Phi) is 4.09. The zero-order valence-electron chi connectivity index (χ0n) is 10.5. The number of nitrogens with two attached hydrogens (primary N) is 1. The van der Waals surface area contributed by atoms with Crippen LogP contribution in [0.3, 0.4) is 0 Å². The second-order valence-electron chi connectivity index (χ2n) is 4.71. The monoisotopic (exact) mass is 239 g/mol. The Morgan fingerprint density at radius 1 is 1.41 bits per heavy atom. The normalized spacial score (nSPS) is 26.3. The highest BCUT2D eigenvalue weighted by Gasteiger charge is 2.22. The predicted molar refractivity (Wildman–Crippen MR) is 64.4 cm³/mol. The summed E-state index contributed by atoms with van der Waals surface area (Å²) in [5, 5.41) is 8.19. The molecule has 6 heteroatoms. The maximum atomic E-state index is 5.70. The lowest BCUT2D eigenvalue weighted by Crippen LogP contribution is -2.44. The SMILES string of the molecule is CC1CN(Cc2cn(CCN)nn2)CC(C)O1. The van der Waals surface area contributed by atoms with Crippen molar-refractivity contribution < 1.29 is 4.74 Å². The van der Waals surface area contributed by atoms with E-state index < -0.39 is 0 Å². The highest BCUT2D eigenvalue weighted by molar-refractivity contribution is 4.93. The van der Waals surface area contributed by atoms with Gasteiger partial charge in [0.25, 0.3) is 0 Å². The molecule has 1 aromatic rings. The van der Waals surface area contributed by atoms with E-state index in [1.807, 2.05) is 6.20 Å². The van der Waals surface area contributed by atoms with E-state index in [0.717, 1.165) is 31.9 Å². The van der Waals surface area contributed by atoms with Crippen molar-refractivity contribution in [2.75, 3.05) is 19.6 Å². The fraction of sp³-hybridized carbons (Fsp3) is 0.818. The van der Waals surface area contributed by atoms with Crippen molar-refractivity contribution >= 4 is 0 Å². The molecule has 96 valence electrons. The van der Waals surface area contributed by atoms with Crippen molar-refractivity contribution in [3.8, 4) is 0 Å². The van der Waals surface area contributed by atoms with Gasteiger partial charge in [-0.05, 0) is 13.8 Å². The molecule has 0 spiro atoms. The molecule has 1 fully saturated rings. The maximum Gasteiger partial charge on any atom is 0.0967 e. The number of nitrogens with zero attached hydrogens (tertiary/aromatic N) is 4. The van der Waals surface area contributed by atoms with Crippen molar-refractivity contribution in [1.82, 2.24) is 19.9 Å². The Hall–Kier alpha value is -0.980. The maximum absolute atomic E-state index is 5.70. The van der Waals surface area contributed by atoms with E-state index in [-0.39, 0.29) is 12.2 Å². The van der Waals surface area contributed by atoms with Crippen molar-refractivity contribution in [1.29, 1.82) is 0 Å². The number of ether oxygens (including phenoxy) is 1. The average Bonchev–Trinajstić information content (AvgIpc) is 2.64. The minimum Gasteiger partial charge on any atom is -0.373 e. The Labute approximate surface area is 102 Å². The van der Waals surface area contributed by atoms with Crippen LogP contribution in [0.1, 0.15) is 19.5 Å². The molecular weight excluding hydrogens is 218 g/mol. The number of hydrogen-bond donors (Lipinski definition) is 1. The van der Waals surface area contributed by atoms with Crippen LogP contribution in [0, 0.1) is 0 Å². The molecule has 0 aromatic carbocycles. The molecule has 0 aliphatic carbocycles. The summed E-state index contributed by atoms with van der Waals surface area (Å²) in [5.74, 6) is 0. The van der Waals surface area contributed by atoms with Gasteiger partial charge in [0.1, 0.15) is 0 Å². The van der Waals surface area contributed by atoms with Gasteiger partial charge in [-0.25, -0.2) is 0 Å². The zero-order valence-corrected chi connectivity index (χ0v) is 10.5. The van der Waals surface area contributed by atoms with Gasteiger partial charge >= 0.3 is 0 Å². The Morgan fingerprint density at radius 2 is 2.12 bits per heavy atom. The molecule has 2 heterocycles. The Morgan fingerprint density at radius 3 is 2.76 bits per heavy atom. The van der Waals surface area contributed by atoms with Gasteiger partial charge in [-0.15, -0.1) is 5.10 Å². The third-order valence-electron chi connectivity index (χ3n) is 2.83. The van der Waals surface area contributed by atoms with Crippen LogP contribution in [0.15, 0.2) is 6.20 Å². The lowest BCUT2D eigenvalue weighted by Gasteiger charge is -2.34. The van der Waals surface area contributed by atoms with Crippen molar-refractivity contribution in [3.05, 3.63) is 11.9 Å². The summed E-state index contributed by atoms with van der Waals surface area (Å²) in [6, 6.07) is 0. The van der Waals surface area contributed by atoms with Crippen LogP contribution in [-0.4, -0.2) is 51.7 Å². The van der Waals surface area contributed by atoms with Gasteiger partial charge in [0.15, 0.2) is 0 Å². The fourth-order valence-electron chi connectivity index (χ4n) is 2.30. The van der Waals surface area contributed by atoms with Crippen LogP contribution in [0.2, 0.25) is 0 Å². The highest BCUT2D eigenvalue weighted by atomic mass is 16.5. The summed E-state index contributed by atoms with van der Waals surface area (Å²) in [6.07, 6.45) is 2.55. The topological polar surface area (TPSA) is 69.2 Å². The fourth-order valence-corrected chi connectivity index (χ4v) is 2.30. The van der Waals surface area contributed by atoms with E-state index in [0.29, 0.717) is 6.54 Å². The molecule has 1 aliphatic rings. The number of aromatic nitrogens is 3. The summed E-state index contributed by atoms with van der Waals surface area (Å²) in [5.41, 5.74) is 6.47.